The molecule has 1 aliphatic carbocycles. The molecule has 0 atom stereocenters. The first kappa shape index (κ1) is 25.1. The van der Waals surface area contributed by atoms with E-state index in [0.717, 1.165) is 73.9 Å². The van der Waals surface area contributed by atoms with Gasteiger partial charge in [0.1, 0.15) is 30.1 Å². The second-order valence-electron chi connectivity index (χ2n) is 10.5. The van der Waals surface area contributed by atoms with Gasteiger partial charge in [-0.15, -0.1) is 0 Å². The molecule has 1 saturated heterocycles. The summed E-state index contributed by atoms with van der Waals surface area (Å²) in [5.41, 5.74) is 3.15. The second-order valence-corrected chi connectivity index (χ2v) is 11.0. The van der Waals surface area contributed by atoms with Gasteiger partial charge in [0.15, 0.2) is 11.2 Å². The van der Waals surface area contributed by atoms with Crippen molar-refractivity contribution in [2.24, 2.45) is 0 Å². The van der Waals surface area contributed by atoms with Gasteiger partial charge >= 0.3 is 0 Å². The van der Waals surface area contributed by atoms with Crippen LogP contribution in [0.25, 0.3) is 22.6 Å². The Morgan fingerprint density at radius 1 is 1.00 bits per heavy atom. The Morgan fingerprint density at radius 2 is 1.79 bits per heavy atom. The lowest BCUT2D eigenvalue weighted by atomic mass is 10.2. The van der Waals surface area contributed by atoms with Gasteiger partial charge in [-0.05, 0) is 50.6 Å². The number of hydrogen-bond acceptors (Lipinski definition) is 7. The van der Waals surface area contributed by atoms with E-state index < -0.39 is 0 Å². The number of benzene rings is 2. The molecule has 0 bridgehead atoms. The molecule has 198 valence electrons. The van der Waals surface area contributed by atoms with Crippen LogP contribution in [0.1, 0.15) is 25.3 Å². The molecule has 38 heavy (non-hydrogen) atoms. The molecular formula is C29H33ClN6O2. The number of hydrogen-bond donors (Lipinski definition) is 0. The fraction of sp³-hybridized carbons (Fsp3) is 0.414. The van der Waals surface area contributed by atoms with E-state index in [4.69, 9.17) is 26.1 Å². The number of likely N-dealkylation sites (N-methyl/N-ethyl adjacent to an activating group) is 1. The summed E-state index contributed by atoms with van der Waals surface area (Å²) in [6, 6.07) is 16.1. The zero-order chi connectivity index (χ0) is 26.1. The standard InChI is InChI=1S/C29H33ClN6O2/c1-29(10-11-29)38-28-25-27(31-20-32-28)36(19-21-6-4-3-5-7-21)26(33-25)23-9-8-22(18-24(23)30)37-17-16-35-14-12-34(2)13-15-35/h3-9,18,20H,10-17,19H2,1-2H3. The van der Waals surface area contributed by atoms with E-state index in [1.165, 1.54) is 0 Å². The van der Waals surface area contributed by atoms with Gasteiger partial charge in [-0.2, -0.15) is 4.98 Å². The van der Waals surface area contributed by atoms with Crippen LogP contribution < -0.4 is 9.47 Å². The van der Waals surface area contributed by atoms with Gasteiger partial charge < -0.3 is 18.9 Å². The topological polar surface area (TPSA) is 68.5 Å². The summed E-state index contributed by atoms with van der Waals surface area (Å²) in [5.74, 6) is 2.00. The first-order valence-corrected chi connectivity index (χ1v) is 13.6. The van der Waals surface area contributed by atoms with E-state index in [9.17, 15) is 0 Å². The maximum Gasteiger partial charge on any atom is 0.245 e. The van der Waals surface area contributed by atoms with E-state index >= 15 is 0 Å². The summed E-state index contributed by atoms with van der Waals surface area (Å²) in [4.78, 5) is 18.8. The number of imidazole rings is 1. The van der Waals surface area contributed by atoms with Gasteiger partial charge in [-0.25, -0.2) is 9.97 Å². The van der Waals surface area contributed by atoms with Gasteiger partial charge in [0.25, 0.3) is 0 Å². The Morgan fingerprint density at radius 3 is 2.53 bits per heavy atom. The number of halogens is 1. The molecule has 0 N–H and O–H groups in total. The van der Waals surface area contributed by atoms with Gasteiger partial charge in [-0.3, -0.25) is 4.90 Å². The molecule has 0 spiro atoms. The number of fused-ring (bicyclic) bond motifs is 1. The van der Waals surface area contributed by atoms with Crippen LogP contribution >= 0.6 is 11.6 Å². The Balaban J connectivity index is 1.28. The van der Waals surface area contributed by atoms with Crippen LogP contribution in [0.2, 0.25) is 5.02 Å². The van der Waals surface area contributed by atoms with Crippen molar-refractivity contribution in [3.8, 4) is 23.0 Å². The van der Waals surface area contributed by atoms with E-state index in [1.807, 2.05) is 36.4 Å². The Bertz CT molecular complexity index is 1410. The highest BCUT2D eigenvalue weighted by Gasteiger charge is 2.41. The van der Waals surface area contributed by atoms with Crippen molar-refractivity contribution >= 4 is 22.8 Å². The van der Waals surface area contributed by atoms with Crippen molar-refractivity contribution in [2.45, 2.75) is 31.9 Å². The molecule has 2 aliphatic rings. The summed E-state index contributed by atoms with van der Waals surface area (Å²) >= 11 is 6.85. The van der Waals surface area contributed by atoms with Crippen molar-refractivity contribution in [1.29, 1.82) is 0 Å². The van der Waals surface area contributed by atoms with Crippen LogP contribution in [0.4, 0.5) is 0 Å². The molecule has 0 radical (unpaired) electrons. The molecule has 4 aromatic rings. The zero-order valence-electron chi connectivity index (χ0n) is 21.9. The normalized spacial score (nSPS) is 17.6. The lowest BCUT2D eigenvalue weighted by molar-refractivity contribution is 0.134. The highest BCUT2D eigenvalue weighted by Crippen LogP contribution is 2.41. The lowest BCUT2D eigenvalue weighted by Crippen LogP contribution is -2.45. The number of piperazine rings is 1. The molecule has 1 saturated carbocycles. The minimum Gasteiger partial charge on any atom is -0.492 e. The average Bonchev–Trinajstić information content (AvgIpc) is 3.54. The highest BCUT2D eigenvalue weighted by atomic mass is 35.5. The van der Waals surface area contributed by atoms with E-state index in [1.54, 1.807) is 6.33 Å². The predicted molar refractivity (Wildman–Crippen MR) is 149 cm³/mol. The molecule has 2 fully saturated rings. The van der Waals surface area contributed by atoms with Crippen molar-refractivity contribution in [2.75, 3.05) is 46.4 Å². The molecule has 0 unspecified atom stereocenters. The summed E-state index contributed by atoms with van der Waals surface area (Å²) in [6.45, 7) is 8.57. The number of nitrogens with zero attached hydrogens (tertiary/aromatic N) is 6. The van der Waals surface area contributed by atoms with Crippen molar-refractivity contribution in [3.05, 3.63) is 65.4 Å². The third kappa shape index (κ3) is 5.48. The fourth-order valence-electron chi connectivity index (χ4n) is 4.75. The summed E-state index contributed by atoms with van der Waals surface area (Å²) < 4.78 is 14.4. The molecule has 2 aromatic carbocycles. The Labute approximate surface area is 228 Å². The Hall–Kier alpha value is -3.20. The Kier molecular flexibility index (Phi) is 6.95. The zero-order valence-corrected chi connectivity index (χ0v) is 22.7. The molecular weight excluding hydrogens is 500 g/mol. The second kappa shape index (κ2) is 10.5. The molecule has 3 heterocycles. The monoisotopic (exact) mass is 532 g/mol. The quantitative estimate of drug-likeness (QED) is 0.308. The SMILES string of the molecule is CN1CCN(CCOc2ccc(-c3nc4c(OC5(C)CC5)ncnc4n3Cc3ccccc3)c(Cl)c2)CC1. The van der Waals surface area contributed by atoms with Crippen LogP contribution in [-0.2, 0) is 6.54 Å². The minimum atomic E-state index is -0.175. The van der Waals surface area contributed by atoms with Crippen LogP contribution in [0.5, 0.6) is 11.6 Å². The smallest absolute Gasteiger partial charge is 0.245 e. The van der Waals surface area contributed by atoms with Gasteiger partial charge in [0.2, 0.25) is 5.88 Å². The van der Waals surface area contributed by atoms with Gasteiger partial charge in [-0.1, -0.05) is 41.9 Å². The van der Waals surface area contributed by atoms with Crippen molar-refractivity contribution < 1.29 is 9.47 Å². The molecule has 2 aromatic heterocycles. The van der Waals surface area contributed by atoms with Gasteiger partial charge in [0.05, 0.1) is 11.6 Å². The van der Waals surface area contributed by atoms with Crippen LogP contribution in [-0.4, -0.2) is 81.3 Å². The van der Waals surface area contributed by atoms with Crippen molar-refractivity contribution in [3.63, 3.8) is 0 Å². The average molecular weight is 533 g/mol. The first-order valence-electron chi connectivity index (χ1n) is 13.3. The third-order valence-corrected chi connectivity index (χ3v) is 7.75. The molecule has 6 rings (SSSR count). The van der Waals surface area contributed by atoms with E-state index in [-0.39, 0.29) is 5.60 Å². The number of aromatic nitrogens is 4. The van der Waals surface area contributed by atoms with Crippen LogP contribution in [0.15, 0.2) is 54.9 Å². The maximum absolute atomic E-state index is 6.85. The number of rotatable bonds is 9. The molecule has 1 aliphatic heterocycles. The van der Waals surface area contributed by atoms with E-state index in [0.29, 0.717) is 29.6 Å². The largest absolute Gasteiger partial charge is 0.492 e. The molecule has 8 nitrogen and oxygen atoms in total. The first-order chi connectivity index (χ1) is 18.5. The van der Waals surface area contributed by atoms with Gasteiger partial charge in [0, 0.05) is 38.3 Å². The third-order valence-electron chi connectivity index (χ3n) is 7.43. The fourth-order valence-corrected chi connectivity index (χ4v) is 5.01. The van der Waals surface area contributed by atoms with Crippen LogP contribution in [0.3, 0.4) is 0 Å². The summed E-state index contributed by atoms with van der Waals surface area (Å²) in [7, 11) is 2.17. The predicted octanol–water partition coefficient (Wildman–Crippen LogP) is 4.75. The summed E-state index contributed by atoms with van der Waals surface area (Å²) in [6.07, 6.45) is 3.58. The summed E-state index contributed by atoms with van der Waals surface area (Å²) in [5, 5.41) is 0.580. The number of ether oxygens (including phenoxy) is 2. The van der Waals surface area contributed by atoms with Crippen molar-refractivity contribution in [1.82, 2.24) is 29.3 Å². The van der Waals surface area contributed by atoms with E-state index in [2.05, 4.69) is 50.4 Å². The lowest BCUT2D eigenvalue weighted by Gasteiger charge is -2.32. The minimum absolute atomic E-state index is 0.175. The van der Waals surface area contributed by atoms with Crippen LogP contribution in [0, 0.1) is 0 Å². The maximum atomic E-state index is 6.85. The molecule has 0 amide bonds. The highest BCUT2D eigenvalue weighted by molar-refractivity contribution is 6.33. The molecule has 9 heteroatoms.